The number of carbonyl (C=O) groups excluding carboxylic acids is 2. The zero-order valence-electron chi connectivity index (χ0n) is 22.6. The van der Waals surface area contributed by atoms with Crippen LogP contribution in [0.1, 0.15) is 62.0 Å². The third-order valence-electron chi connectivity index (χ3n) is 7.37. The molecule has 1 aliphatic heterocycles. The summed E-state index contributed by atoms with van der Waals surface area (Å²) in [4.78, 5) is 29.3. The highest BCUT2D eigenvalue weighted by atomic mass is 32.2. The highest BCUT2D eigenvalue weighted by Gasteiger charge is 2.53. The maximum atomic E-state index is 14.2. The molecule has 0 amide bonds. The van der Waals surface area contributed by atoms with Gasteiger partial charge in [-0.25, -0.2) is 12.7 Å². The summed E-state index contributed by atoms with van der Waals surface area (Å²) in [5.41, 5.74) is 0.275. The van der Waals surface area contributed by atoms with E-state index in [1.54, 1.807) is 36.7 Å². The third kappa shape index (κ3) is 4.87. The molecule has 1 aromatic carbocycles. The molecular formula is C26H33N3O6S3. The number of ketones is 2. The van der Waals surface area contributed by atoms with E-state index in [1.807, 2.05) is 6.92 Å². The van der Waals surface area contributed by atoms with Crippen LogP contribution in [0.4, 0.5) is 5.00 Å². The van der Waals surface area contributed by atoms with Gasteiger partial charge in [0.1, 0.15) is 21.7 Å². The number of sulfonamides is 2. The highest BCUT2D eigenvalue weighted by molar-refractivity contribution is 7.91. The molecule has 2 heterocycles. The summed E-state index contributed by atoms with van der Waals surface area (Å²) in [6, 6.07) is 7.02. The van der Waals surface area contributed by atoms with Gasteiger partial charge in [0.2, 0.25) is 10.0 Å². The van der Waals surface area contributed by atoms with E-state index in [0.29, 0.717) is 22.5 Å². The zero-order valence-corrected chi connectivity index (χ0v) is 25.1. The summed E-state index contributed by atoms with van der Waals surface area (Å²) in [6.07, 6.45) is 2.25. The van der Waals surface area contributed by atoms with Crippen molar-refractivity contribution in [3.05, 3.63) is 46.3 Å². The monoisotopic (exact) mass is 579 g/mol. The Hall–Kier alpha value is -2.41. The molecule has 206 valence electrons. The number of fused-ring (bicyclic) bond motifs is 2. The molecule has 1 aromatic heterocycles. The van der Waals surface area contributed by atoms with Crippen molar-refractivity contribution >= 4 is 53.8 Å². The van der Waals surface area contributed by atoms with Crippen LogP contribution in [0.15, 0.2) is 38.9 Å². The molecule has 1 aliphatic carbocycles. The molecule has 0 bridgehead atoms. The van der Waals surface area contributed by atoms with E-state index in [1.165, 1.54) is 11.9 Å². The number of hydrogen-bond donors (Lipinski definition) is 0. The van der Waals surface area contributed by atoms with Crippen molar-refractivity contribution in [2.45, 2.75) is 57.4 Å². The molecule has 0 saturated carbocycles. The Morgan fingerprint density at radius 2 is 1.82 bits per heavy atom. The number of rotatable bonds is 6. The van der Waals surface area contributed by atoms with Crippen molar-refractivity contribution in [1.29, 1.82) is 0 Å². The number of benzene rings is 1. The van der Waals surface area contributed by atoms with E-state index in [-0.39, 0.29) is 34.0 Å². The molecule has 1 unspecified atom stereocenters. The van der Waals surface area contributed by atoms with Crippen LogP contribution in [0, 0.1) is 11.3 Å². The number of nitrogens with zero attached hydrogens (tertiary/aromatic N) is 3. The Balaban J connectivity index is 1.82. The molecule has 4 rings (SSSR count). The average molecular weight is 580 g/mol. The SMILES string of the molecule is CN1C(C2C(=O)c3ccccc3[C@@](C)(CCC(C)(C)C)C2=O)=NS(=O)(=O)c2c(CN(C)S(C)(=O)=O)csc21. The Bertz CT molecular complexity index is 1570. The largest absolute Gasteiger partial charge is 0.322 e. The first-order valence-electron chi connectivity index (χ1n) is 12.2. The lowest BCUT2D eigenvalue weighted by Crippen LogP contribution is -2.53. The van der Waals surface area contributed by atoms with Gasteiger partial charge in [0.25, 0.3) is 10.0 Å². The van der Waals surface area contributed by atoms with Crippen LogP contribution in [-0.4, -0.2) is 58.9 Å². The number of anilines is 1. The first-order chi connectivity index (χ1) is 17.4. The van der Waals surface area contributed by atoms with Gasteiger partial charge >= 0.3 is 0 Å². The molecular weight excluding hydrogens is 547 g/mol. The molecule has 38 heavy (non-hydrogen) atoms. The molecule has 2 aromatic rings. The Morgan fingerprint density at radius 1 is 1.18 bits per heavy atom. The maximum absolute atomic E-state index is 14.2. The zero-order chi connectivity index (χ0) is 28.4. The molecule has 2 aliphatic rings. The lowest BCUT2D eigenvalue weighted by Gasteiger charge is -2.41. The van der Waals surface area contributed by atoms with Crippen LogP contribution in [0.5, 0.6) is 0 Å². The Kier molecular flexibility index (Phi) is 7.04. The molecule has 0 N–H and O–H groups in total. The quantitative estimate of drug-likeness (QED) is 0.477. The van der Waals surface area contributed by atoms with E-state index in [0.717, 1.165) is 28.3 Å². The van der Waals surface area contributed by atoms with Gasteiger partial charge in [-0.15, -0.1) is 15.7 Å². The summed E-state index contributed by atoms with van der Waals surface area (Å²) < 4.78 is 55.9. The molecule has 9 nitrogen and oxygen atoms in total. The predicted octanol–water partition coefficient (Wildman–Crippen LogP) is 3.84. The number of amidine groups is 1. The predicted molar refractivity (Wildman–Crippen MR) is 149 cm³/mol. The number of hydrogen-bond acceptors (Lipinski definition) is 8. The molecule has 2 atom stereocenters. The first kappa shape index (κ1) is 28.6. The van der Waals surface area contributed by atoms with Gasteiger partial charge < -0.3 is 4.90 Å². The summed E-state index contributed by atoms with van der Waals surface area (Å²) >= 11 is 1.11. The van der Waals surface area contributed by atoms with Gasteiger partial charge in [-0.3, -0.25) is 9.59 Å². The number of carbonyl (C=O) groups is 2. The minimum Gasteiger partial charge on any atom is -0.322 e. The minimum absolute atomic E-state index is 0.0565. The van der Waals surface area contributed by atoms with Crippen molar-refractivity contribution in [1.82, 2.24) is 4.31 Å². The topological polar surface area (TPSA) is 121 Å². The second-order valence-electron chi connectivity index (χ2n) is 11.5. The summed E-state index contributed by atoms with van der Waals surface area (Å²) in [5.74, 6) is -2.36. The smallest absolute Gasteiger partial charge is 0.287 e. The Labute approximate surface area is 228 Å². The minimum atomic E-state index is -4.32. The van der Waals surface area contributed by atoms with Crippen molar-refractivity contribution in [2.75, 3.05) is 25.3 Å². The second kappa shape index (κ2) is 9.35. The van der Waals surface area contributed by atoms with E-state index in [2.05, 4.69) is 25.2 Å². The van der Waals surface area contributed by atoms with E-state index in [9.17, 15) is 26.4 Å². The van der Waals surface area contributed by atoms with Crippen LogP contribution in [0.2, 0.25) is 0 Å². The van der Waals surface area contributed by atoms with E-state index >= 15 is 0 Å². The first-order valence-corrected chi connectivity index (χ1v) is 16.3. The molecule has 0 radical (unpaired) electrons. The van der Waals surface area contributed by atoms with Crippen molar-refractivity contribution in [3.8, 4) is 0 Å². The molecule has 12 heteroatoms. The van der Waals surface area contributed by atoms with Crippen LogP contribution in [-0.2, 0) is 36.8 Å². The molecule has 0 saturated heterocycles. The average Bonchev–Trinajstić information content (AvgIpc) is 3.24. The van der Waals surface area contributed by atoms with Crippen molar-refractivity contribution in [2.24, 2.45) is 15.7 Å². The lowest BCUT2D eigenvalue weighted by atomic mass is 9.62. The summed E-state index contributed by atoms with van der Waals surface area (Å²) in [5, 5.41) is 1.87. The van der Waals surface area contributed by atoms with Crippen LogP contribution in [0.3, 0.4) is 0 Å². The highest BCUT2D eigenvalue weighted by Crippen LogP contribution is 2.46. The molecule has 0 spiro atoms. The second-order valence-corrected chi connectivity index (χ2v) is 16.0. The van der Waals surface area contributed by atoms with Gasteiger partial charge in [-0.05, 0) is 36.1 Å². The fraction of sp³-hybridized carbons (Fsp3) is 0.500. The van der Waals surface area contributed by atoms with Crippen molar-refractivity contribution < 1.29 is 26.4 Å². The summed E-state index contributed by atoms with van der Waals surface area (Å²) in [6.45, 7) is 7.93. The normalized spacial score (nSPS) is 23.3. The fourth-order valence-electron chi connectivity index (χ4n) is 4.95. The van der Waals surface area contributed by atoms with Gasteiger partial charge in [-0.1, -0.05) is 45.0 Å². The van der Waals surface area contributed by atoms with Crippen LogP contribution < -0.4 is 4.90 Å². The van der Waals surface area contributed by atoms with Gasteiger partial charge in [-0.2, -0.15) is 8.42 Å². The van der Waals surface area contributed by atoms with E-state index < -0.39 is 37.2 Å². The van der Waals surface area contributed by atoms with Crippen LogP contribution >= 0.6 is 11.3 Å². The third-order valence-corrected chi connectivity index (χ3v) is 11.3. The Morgan fingerprint density at radius 3 is 2.42 bits per heavy atom. The standard InChI is InChI=1S/C26H33N3O6S3/c1-25(2,3)12-13-26(4)18-11-9-8-10-17(18)20(30)19(22(26)31)23-27-38(34,35)21-16(14-28(5)37(7,32)33)15-36-24(21)29(23)6/h8-11,15,19H,12-14H2,1-7H3/t19?,26-/m1/s1. The summed E-state index contributed by atoms with van der Waals surface area (Å²) in [7, 11) is -4.92. The van der Waals surface area contributed by atoms with Crippen molar-refractivity contribution in [3.63, 3.8) is 0 Å². The lowest BCUT2D eigenvalue weighted by molar-refractivity contribution is -0.125. The maximum Gasteiger partial charge on any atom is 0.287 e. The van der Waals surface area contributed by atoms with Crippen LogP contribution in [0.25, 0.3) is 0 Å². The van der Waals surface area contributed by atoms with Gasteiger partial charge in [0, 0.05) is 31.8 Å². The van der Waals surface area contributed by atoms with Gasteiger partial charge in [0.05, 0.1) is 11.7 Å². The van der Waals surface area contributed by atoms with E-state index in [4.69, 9.17) is 0 Å². The molecule has 0 fully saturated rings. The number of Topliss-reactive ketones (excluding diaryl/α,β-unsaturated/α-hetero) is 2. The number of thiophene rings is 1. The van der Waals surface area contributed by atoms with Gasteiger partial charge in [0.15, 0.2) is 11.6 Å². The fourth-order valence-corrected chi connectivity index (χ4v) is 8.17.